The minimum atomic E-state index is -0.438. The Balaban J connectivity index is 4.08. The zero-order valence-electron chi connectivity index (χ0n) is 12.0. The van der Waals surface area contributed by atoms with Crippen LogP contribution in [0.1, 0.15) is 60.3 Å². The summed E-state index contributed by atoms with van der Waals surface area (Å²) in [6.07, 6.45) is 3.50. The number of esters is 1. The first-order chi connectivity index (χ1) is 7.78. The topological polar surface area (TPSA) is 46.5 Å². The molecule has 0 rings (SSSR count). The van der Waals surface area contributed by atoms with Crippen LogP contribution in [0.5, 0.6) is 0 Å². The van der Waals surface area contributed by atoms with E-state index in [0.29, 0.717) is 12.3 Å². The Morgan fingerprint density at radius 2 is 1.94 bits per heavy atom. The van der Waals surface area contributed by atoms with Crippen LogP contribution in [-0.2, 0) is 9.53 Å². The average molecular weight is 244 g/mol. The van der Waals surface area contributed by atoms with Gasteiger partial charge in [0, 0.05) is 6.61 Å². The lowest BCUT2D eigenvalue weighted by molar-refractivity contribution is -0.156. The van der Waals surface area contributed by atoms with E-state index in [9.17, 15) is 9.90 Å². The first-order valence-corrected chi connectivity index (χ1v) is 6.61. The largest absolute Gasteiger partial charge is 0.460 e. The van der Waals surface area contributed by atoms with Crippen molar-refractivity contribution in [3.8, 4) is 0 Å². The zero-order valence-corrected chi connectivity index (χ0v) is 12.0. The number of aliphatic hydroxyl groups excluding tert-OH is 1. The van der Waals surface area contributed by atoms with Gasteiger partial charge in [-0.2, -0.15) is 0 Å². The van der Waals surface area contributed by atoms with E-state index in [1.165, 1.54) is 0 Å². The number of hydrogen-bond donors (Lipinski definition) is 1. The minimum Gasteiger partial charge on any atom is -0.460 e. The molecule has 1 N–H and O–H groups in total. The fourth-order valence-corrected chi connectivity index (χ4v) is 2.02. The van der Waals surface area contributed by atoms with Gasteiger partial charge in [0.15, 0.2) is 0 Å². The second-order valence-electron chi connectivity index (χ2n) is 5.97. The highest BCUT2D eigenvalue weighted by molar-refractivity contribution is 5.70. The molecule has 0 aromatic heterocycles. The molecule has 2 atom stereocenters. The van der Waals surface area contributed by atoms with E-state index < -0.39 is 5.60 Å². The van der Waals surface area contributed by atoms with Crippen molar-refractivity contribution in [2.75, 3.05) is 6.61 Å². The van der Waals surface area contributed by atoms with Gasteiger partial charge >= 0.3 is 5.97 Å². The van der Waals surface area contributed by atoms with E-state index in [-0.39, 0.29) is 18.5 Å². The Kier molecular flexibility index (Phi) is 7.44. The lowest BCUT2D eigenvalue weighted by Gasteiger charge is -2.22. The highest BCUT2D eigenvalue weighted by Gasteiger charge is 2.21. The van der Waals surface area contributed by atoms with Gasteiger partial charge < -0.3 is 9.84 Å². The third kappa shape index (κ3) is 9.16. The number of ether oxygens (including phenoxy) is 1. The van der Waals surface area contributed by atoms with Gasteiger partial charge in [-0.1, -0.05) is 26.7 Å². The second kappa shape index (κ2) is 7.70. The van der Waals surface area contributed by atoms with Crippen molar-refractivity contribution in [3.05, 3.63) is 0 Å². The molecule has 0 unspecified atom stereocenters. The standard InChI is InChI=1S/C14H28O3/c1-6-7-11(2)8-12(10-15)9-13(16)17-14(3,4)5/h11-12,15H,6-10H2,1-5H3/t11-,12+/m1/s1. The summed E-state index contributed by atoms with van der Waals surface area (Å²) < 4.78 is 5.26. The van der Waals surface area contributed by atoms with Crippen molar-refractivity contribution in [2.24, 2.45) is 11.8 Å². The van der Waals surface area contributed by atoms with E-state index in [2.05, 4.69) is 13.8 Å². The van der Waals surface area contributed by atoms with Crippen molar-refractivity contribution in [1.29, 1.82) is 0 Å². The summed E-state index contributed by atoms with van der Waals surface area (Å²) in [5, 5.41) is 9.28. The maximum atomic E-state index is 11.6. The monoisotopic (exact) mass is 244 g/mol. The molecule has 0 aliphatic carbocycles. The smallest absolute Gasteiger partial charge is 0.306 e. The molecule has 0 aliphatic heterocycles. The van der Waals surface area contributed by atoms with Gasteiger partial charge in [0.1, 0.15) is 5.60 Å². The molecule has 0 fully saturated rings. The van der Waals surface area contributed by atoms with Gasteiger partial charge in [-0.15, -0.1) is 0 Å². The summed E-state index contributed by atoms with van der Waals surface area (Å²) in [7, 11) is 0. The van der Waals surface area contributed by atoms with Crippen LogP contribution in [-0.4, -0.2) is 23.3 Å². The molecular formula is C14H28O3. The number of hydrogen-bond acceptors (Lipinski definition) is 3. The molecule has 3 nitrogen and oxygen atoms in total. The van der Waals surface area contributed by atoms with Crippen LogP contribution in [0, 0.1) is 11.8 Å². The summed E-state index contributed by atoms with van der Waals surface area (Å²) in [4.78, 5) is 11.6. The van der Waals surface area contributed by atoms with Crippen LogP contribution in [0.3, 0.4) is 0 Å². The number of aliphatic hydroxyl groups is 1. The predicted octanol–water partition coefficient (Wildman–Crippen LogP) is 3.15. The molecule has 0 radical (unpaired) electrons. The minimum absolute atomic E-state index is 0.0337. The molecule has 17 heavy (non-hydrogen) atoms. The SMILES string of the molecule is CCC[C@@H](C)C[C@H](CO)CC(=O)OC(C)(C)C. The van der Waals surface area contributed by atoms with Crippen molar-refractivity contribution in [1.82, 2.24) is 0 Å². The average Bonchev–Trinajstić information content (AvgIpc) is 2.13. The van der Waals surface area contributed by atoms with Crippen LogP contribution < -0.4 is 0 Å². The molecule has 0 amide bonds. The lowest BCUT2D eigenvalue weighted by atomic mass is 9.91. The van der Waals surface area contributed by atoms with Crippen molar-refractivity contribution in [2.45, 2.75) is 65.9 Å². The molecular weight excluding hydrogens is 216 g/mol. The molecule has 0 spiro atoms. The second-order valence-corrected chi connectivity index (χ2v) is 5.97. The van der Waals surface area contributed by atoms with Gasteiger partial charge in [-0.25, -0.2) is 0 Å². The third-order valence-electron chi connectivity index (χ3n) is 2.65. The summed E-state index contributed by atoms with van der Waals surface area (Å²) in [5.41, 5.74) is -0.438. The van der Waals surface area contributed by atoms with Gasteiger partial charge in [0.05, 0.1) is 6.42 Å². The fourth-order valence-electron chi connectivity index (χ4n) is 2.02. The predicted molar refractivity (Wildman–Crippen MR) is 69.7 cm³/mol. The quantitative estimate of drug-likeness (QED) is 0.700. The van der Waals surface area contributed by atoms with E-state index in [1.54, 1.807) is 0 Å². The van der Waals surface area contributed by atoms with E-state index in [0.717, 1.165) is 19.3 Å². The third-order valence-corrected chi connectivity index (χ3v) is 2.65. The summed E-state index contributed by atoms with van der Waals surface area (Å²) in [5.74, 6) is 0.381. The van der Waals surface area contributed by atoms with Gasteiger partial charge in [0.25, 0.3) is 0 Å². The molecule has 0 saturated carbocycles. The van der Waals surface area contributed by atoms with Gasteiger partial charge in [0.2, 0.25) is 0 Å². The summed E-state index contributed by atoms with van der Waals surface area (Å²) in [6, 6.07) is 0. The highest BCUT2D eigenvalue weighted by atomic mass is 16.6. The maximum absolute atomic E-state index is 11.6. The first kappa shape index (κ1) is 16.4. The van der Waals surface area contributed by atoms with Gasteiger partial charge in [-0.3, -0.25) is 4.79 Å². The molecule has 0 saturated heterocycles. The van der Waals surface area contributed by atoms with Crippen LogP contribution in [0.25, 0.3) is 0 Å². The molecule has 0 aromatic carbocycles. The maximum Gasteiger partial charge on any atom is 0.306 e. The number of carbonyl (C=O) groups excluding carboxylic acids is 1. The Morgan fingerprint density at radius 3 is 2.35 bits per heavy atom. The van der Waals surface area contributed by atoms with Crippen LogP contribution >= 0.6 is 0 Å². The van der Waals surface area contributed by atoms with Crippen LogP contribution in [0.15, 0.2) is 0 Å². The molecule has 0 aliphatic rings. The van der Waals surface area contributed by atoms with Crippen molar-refractivity contribution >= 4 is 5.97 Å². The van der Waals surface area contributed by atoms with Crippen molar-refractivity contribution in [3.63, 3.8) is 0 Å². The van der Waals surface area contributed by atoms with Crippen LogP contribution in [0.4, 0.5) is 0 Å². The van der Waals surface area contributed by atoms with E-state index in [1.807, 2.05) is 20.8 Å². The molecule has 0 heterocycles. The Hall–Kier alpha value is -0.570. The molecule has 102 valence electrons. The fraction of sp³-hybridized carbons (Fsp3) is 0.929. The van der Waals surface area contributed by atoms with Gasteiger partial charge in [-0.05, 0) is 39.0 Å². The Labute approximate surface area is 106 Å². The normalized spacial score (nSPS) is 15.4. The Morgan fingerprint density at radius 1 is 1.35 bits per heavy atom. The summed E-state index contributed by atoms with van der Waals surface area (Å²) in [6.45, 7) is 9.96. The number of carbonyl (C=O) groups is 1. The molecule has 0 aromatic rings. The van der Waals surface area contributed by atoms with Crippen molar-refractivity contribution < 1.29 is 14.6 Å². The number of rotatable bonds is 7. The first-order valence-electron chi connectivity index (χ1n) is 6.61. The molecule has 3 heteroatoms. The van der Waals surface area contributed by atoms with Crippen LogP contribution in [0.2, 0.25) is 0 Å². The van der Waals surface area contributed by atoms with E-state index >= 15 is 0 Å². The highest BCUT2D eigenvalue weighted by Crippen LogP contribution is 2.20. The summed E-state index contributed by atoms with van der Waals surface area (Å²) >= 11 is 0. The lowest BCUT2D eigenvalue weighted by Crippen LogP contribution is -2.26. The zero-order chi connectivity index (χ0) is 13.5. The molecule has 0 bridgehead atoms. The van der Waals surface area contributed by atoms with E-state index in [4.69, 9.17) is 4.74 Å². The Bertz CT molecular complexity index is 218.